The van der Waals surface area contributed by atoms with Crippen molar-refractivity contribution >= 4 is 27.7 Å². The van der Waals surface area contributed by atoms with Crippen molar-refractivity contribution in [2.45, 2.75) is 25.7 Å². The summed E-state index contributed by atoms with van der Waals surface area (Å²) in [6, 6.07) is 3.55. The van der Waals surface area contributed by atoms with Gasteiger partial charge in [-0.25, -0.2) is 4.98 Å². The quantitative estimate of drug-likeness (QED) is 0.923. The predicted octanol–water partition coefficient (Wildman–Crippen LogP) is 2.96. The number of carbonyl (C=O) groups is 1. The smallest absolute Gasteiger partial charge is 0.279 e. The largest absolute Gasteiger partial charge is 0.360 e. The van der Waals surface area contributed by atoms with Gasteiger partial charge in [-0.05, 0) is 47.3 Å². The monoisotopic (exact) mass is 321 g/mol. The summed E-state index contributed by atoms with van der Waals surface area (Å²) >= 11 is 3.30. The average Bonchev–Trinajstić information content (AvgIpc) is 2.85. The molecule has 0 aliphatic heterocycles. The zero-order chi connectivity index (χ0) is 13.2. The highest BCUT2D eigenvalue weighted by Crippen LogP contribution is 2.24. The Labute approximate surface area is 118 Å². The zero-order valence-corrected chi connectivity index (χ0v) is 11.7. The molecule has 5 nitrogen and oxygen atoms in total. The fourth-order valence-electron chi connectivity index (χ4n) is 2.19. The molecule has 0 aromatic carbocycles. The van der Waals surface area contributed by atoms with Crippen LogP contribution in [0.3, 0.4) is 0 Å². The molecule has 19 heavy (non-hydrogen) atoms. The Bertz CT molecular complexity index is 607. The van der Waals surface area contributed by atoms with Gasteiger partial charge in [-0.15, -0.1) is 0 Å². The van der Waals surface area contributed by atoms with E-state index in [1.165, 1.54) is 0 Å². The zero-order valence-electron chi connectivity index (χ0n) is 10.1. The first-order valence-electron chi connectivity index (χ1n) is 6.14. The summed E-state index contributed by atoms with van der Waals surface area (Å²) in [5.74, 6) is 1.09. The van der Waals surface area contributed by atoms with E-state index in [0.717, 1.165) is 41.5 Å². The van der Waals surface area contributed by atoms with Gasteiger partial charge in [-0.3, -0.25) is 4.79 Å². The van der Waals surface area contributed by atoms with Gasteiger partial charge in [-0.2, -0.15) is 0 Å². The molecule has 1 aliphatic rings. The van der Waals surface area contributed by atoms with E-state index in [2.05, 4.69) is 31.4 Å². The number of amides is 1. The lowest BCUT2D eigenvalue weighted by atomic mass is 9.96. The first-order chi connectivity index (χ1) is 9.24. The molecule has 1 aliphatic carbocycles. The van der Waals surface area contributed by atoms with Crippen LogP contribution in [0.5, 0.6) is 0 Å². The van der Waals surface area contributed by atoms with E-state index in [-0.39, 0.29) is 5.91 Å². The van der Waals surface area contributed by atoms with Crippen LogP contribution < -0.4 is 5.32 Å². The number of nitrogens with one attached hydrogen (secondary N) is 1. The van der Waals surface area contributed by atoms with Crippen LogP contribution in [0.15, 0.2) is 27.3 Å². The van der Waals surface area contributed by atoms with Gasteiger partial charge in [0.15, 0.2) is 5.69 Å². The Morgan fingerprint density at radius 1 is 1.32 bits per heavy atom. The topological polar surface area (TPSA) is 68.0 Å². The van der Waals surface area contributed by atoms with E-state index in [4.69, 9.17) is 4.52 Å². The fraction of sp³-hybridized carbons (Fsp3) is 0.308. The van der Waals surface area contributed by atoms with E-state index in [9.17, 15) is 4.79 Å². The lowest BCUT2D eigenvalue weighted by Gasteiger charge is -2.09. The van der Waals surface area contributed by atoms with E-state index < -0.39 is 0 Å². The fourth-order valence-corrected chi connectivity index (χ4v) is 2.42. The van der Waals surface area contributed by atoms with Gasteiger partial charge in [0.25, 0.3) is 5.91 Å². The summed E-state index contributed by atoms with van der Waals surface area (Å²) in [4.78, 5) is 16.2. The van der Waals surface area contributed by atoms with Gasteiger partial charge in [0.2, 0.25) is 0 Å². The molecule has 0 saturated carbocycles. The normalized spacial score (nSPS) is 13.9. The minimum atomic E-state index is -0.262. The Morgan fingerprint density at radius 2 is 2.16 bits per heavy atom. The van der Waals surface area contributed by atoms with Crippen LogP contribution in [-0.4, -0.2) is 16.0 Å². The molecule has 0 spiro atoms. The number of halogens is 1. The van der Waals surface area contributed by atoms with Crippen LogP contribution in [-0.2, 0) is 12.8 Å². The number of pyridine rings is 1. The predicted molar refractivity (Wildman–Crippen MR) is 73.0 cm³/mol. The van der Waals surface area contributed by atoms with Crippen LogP contribution in [0.4, 0.5) is 5.82 Å². The lowest BCUT2D eigenvalue weighted by molar-refractivity contribution is 0.101. The highest BCUT2D eigenvalue weighted by molar-refractivity contribution is 9.10. The molecule has 0 atom stereocenters. The molecule has 0 saturated heterocycles. The van der Waals surface area contributed by atoms with Crippen molar-refractivity contribution < 1.29 is 9.32 Å². The van der Waals surface area contributed by atoms with Crippen molar-refractivity contribution in [3.63, 3.8) is 0 Å². The molecular weight excluding hydrogens is 310 g/mol. The maximum atomic E-state index is 12.1. The van der Waals surface area contributed by atoms with Crippen molar-refractivity contribution in [1.29, 1.82) is 0 Å². The molecule has 0 radical (unpaired) electrons. The van der Waals surface area contributed by atoms with E-state index in [0.29, 0.717) is 11.5 Å². The van der Waals surface area contributed by atoms with Gasteiger partial charge in [0.05, 0.1) is 0 Å². The van der Waals surface area contributed by atoms with Crippen LogP contribution in [0, 0.1) is 0 Å². The molecule has 0 fully saturated rings. The molecule has 2 aromatic rings. The maximum absolute atomic E-state index is 12.1. The van der Waals surface area contributed by atoms with Gasteiger partial charge >= 0.3 is 0 Å². The molecular formula is C13H12BrN3O2. The number of hydrogen-bond acceptors (Lipinski definition) is 4. The minimum absolute atomic E-state index is 0.262. The number of carbonyl (C=O) groups excluding carboxylic acids is 1. The maximum Gasteiger partial charge on any atom is 0.279 e. The Kier molecular flexibility index (Phi) is 3.33. The number of fused-ring (bicyclic) bond motifs is 1. The lowest BCUT2D eigenvalue weighted by Crippen LogP contribution is -2.16. The van der Waals surface area contributed by atoms with Crippen molar-refractivity contribution in [2.75, 3.05) is 5.32 Å². The second-order valence-corrected chi connectivity index (χ2v) is 5.37. The molecule has 6 heteroatoms. The van der Waals surface area contributed by atoms with Crippen LogP contribution in [0.2, 0.25) is 0 Å². The molecule has 2 aromatic heterocycles. The minimum Gasteiger partial charge on any atom is -0.360 e. The molecule has 0 unspecified atom stereocenters. The summed E-state index contributed by atoms with van der Waals surface area (Å²) in [6.45, 7) is 0. The van der Waals surface area contributed by atoms with Crippen molar-refractivity contribution in [1.82, 2.24) is 10.1 Å². The molecule has 3 rings (SSSR count). The summed E-state index contributed by atoms with van der Waals surface area (Å²) in [6.07, 6.45) is 5.53. The van der Waals surface area contributed by atoms with Gasteiger partial charge in [0, 0.05) is 22.7 Å². The van der Waals surface area contributed by atoms with E-state index >= 15 is 0 Å². The van der Waals surface area contributed by atoms with Crippen molar-refractivity contribution in [2.24, 2.45) is 0 Å². The van der Waals surface area contributed by atoms with Crippen LogP contribution in [0.25, 0.3) is 0 Å². The Balaban J connectivity index is 1.80. The average molecular weight is 322 g/mol. The summed E-state index contributed by atoms with van der Waals surface area (Å²) in [7, 11) is 0. The molecule has 98 valence electrons. The third-order valence-corrected chi connectivity index (χ3v) is 3.60. The third kappa shape index (κ3) is 2.53. The first-order valence-corrected chi connectivity index (χ1v) is 6.93. The summed E-state index contributed by atoms with van der Waals surface area (Å²) < 4.78 is 6.09. The highest BCUT2D eigenvalue weighted by atomic mass is 79.9. The number of aryl methyl sites for hydroxylation is 1. The first kappa shape index (κ1) is 12.3. The van der Waals surface area contributed by atoms with E-state index in [1.54, 1.807) is 12.3 Å². The second kappa shape index (κ2) is 5.13. The highest BCUT2D eigenvalue weighted by Gasteiger charge is 2.24. The van der Waals surface area contributed by atoms with Crippen LogP contribution >= 0.6 is 15.9 Å². The Hall–Kier alpha value is -1.69. The number of anilines is 1. The van der Waals surface area contributed by atoms with Gasteiger partial charge in [0.1, 0.15) is 11.6 Å². The second-order valence-electron chi connectivity index (χ2n) is 4.46. The van der Waals surface area contributed by atoms with Crippen LogP contribution in [0.1, 0.15) is 34.7 Å². The summed E-state index contributed by atoms with van der Waals surface area (Å²) in [5.41, 5.74) is 1.33. The van der Waals surface area contributed by atoms with E-state index in [1.807, 2.05) is 6.07 Å². The summed E-state index contributed by atoms with van der Waals surface area (Å²) in [5, 5.41) is 6.62. The van der Waals surface area contributed by atoms with Crippen molar-refractivity contribution in [3.05, 3.63) is 39.8 Å². The molecule has 0 bridgehead atoms. The number of rotatable bonds is 2. The number of aromatic nitrogens is 2. The van der Waals surface area contributed by atoms with Gasteiger partial charge < -0.3 is 9.84 Å². The molecule has 1 amide bonds. The standard InChI is InChI=1S/C13H12BrN3O2/c14-8-5-6-11(15-7-8)16-13(18)12-9-3-1-2-4-10(9)19-17-12/h5-7H,1-4H2,(H,15,16,18). The van der Waals surface area contributed by atoms with Gasteiger partial charge in [-0.1, -0.05) is 5.16 Å². The third-order valence-electron chi connectivity index (χ3n) is 3.13. The van der Waals surface area contributed by atoms with Crippen molar-refractivity contribution in [3.8, 4) is 0 Å². The number of hydrogen-bond donors (Lipinski definition) is 1. The molecule has 1 N–H and O–H groups in total. The number of nitrogens with zero attached hydrogens (tertiary/aromatic N) is 2. The Morgan fingerprint density at radius 3 is 2.95 bits per heavy atom. The molecule has 2 heterocycles. The SMILES string of the molecule is O=C(Nc1ccc(Br)cn1)c1noc2c1CCCC2.